The normalized spacial score (nSPS) is 20.3. The molecule has 2 atom stereocenters. The first-order valence-corrected chi connectivity index (χ1v) is 5.85. The summed E-state index contributed by atoms with van der Waals surface area (Å²) in [6.07, 6.45) is -15.5. The minimum Gasteiger partial charge on any atom is -0.352 e. The number of rotatable bonds is 6. The molecular weight excluding hydrogens is 482 g/mol. The van der Waals surface area contributed by atoms with Crippen molar-refractivity contribution in [3.63, 3.8) is 0 Å². The molecule has 0 saturated carbocycles. The first kappa shape index (κ1) is 27.7. The Labute approximate surface area is 144 Å². The molecular formula is C9H2F18O2. The van der Waals surface area contributed by atoms with Gasteiger partial charge in [0, 0.05) is 0 Å². The molecule has 0 bridgehead atoms. The lowest BCUT2D eigenvalue weighted by atomic mass is 9.87. The number of alkyl halides is 18. The van der Waals surface area contributed by atoms with Crippen LogP contribution in [0.4, 0.5) is 79.0 Å². The molecule has 2 nitrogen and oxygen atoms in total. The summed E-state index contributed by atoms with van der Waals surface area (Å²) in [6, 6.07) is 0. The van der Waals surface area contributed by atoms with Gasteiger partial charge in [-0.1, -0.05) is 0 Å². The van der Waals surface area contributed by atoms with E-state index >= 15 is 0 Å². The standard InChI is InChI=1S/C9H2F18O2/c10-1(11,3(14,15)5(18,19)8(22,23)24)2(12,13)4(16,17)6(20,28)7(21,29)9(25,26)27/h28-29H. The Morgan fingerprint density at radius 1 is 0.276 bits per heavy atom. The van der Waals surface area contributed by atoms with Gasteiger partial charge in [-0.15, -0.1) is 0 Å². The molecule has 0 aliphatic heterocycles. The van der Waals surface area contributed by atoms with Crippen molar-refractivity contribution in [1.29, 1.82) is 0 Å². The lowest BCUT2D eigenvalue weighted by Gasteiger charge is -2.44. The molecule has 0 aromatic carbocycles. The van der Waals surface area contributed by atoms with Crippen LogP contribution in [-0.2, 0) is 0 Å². The van der Waals surface area contributed by atoms with Gasteiger partial charge in [0.2, 0.25) is 0 Å². The van der Waals surface area contributed by atoms with Gasteiger partial charge in [0.15, 0.2) is 0 Å². The van der Waals surface area contributed by atoms with Gasteiger partial charge in [0.25, 0.3) is 0 Å². The molecule has 0 aromatic heterocycles. The van der Waals surface area contributed by atoms with Gasteiger partial charge in [-0.05, 0) is 0 Å². The fourth-order valence-electron chi connectivity index (χ4n) is 1.37. The third-order valence-corrected chi connectivity index (χ3v) is 3.16. The molecule has 20 heteroatoms. The third-order valence-electron chi connectivity index (χ3n) is 3.16. The monoisotopic (exact) mass is 484 g/mol. The number of aliphatic hydroxyl groups is 2. The summed E-state index contributed by atoms with van der Waals surface area (Å²) in [6.45, 7) is 0. The molecule has 0 amide bonds. The van der Waals surface area contributed by atoms with E-state index in [9.17, 15) is 79.0 Å². The van der Waals surface area contributed by atoms with Crippen molar-refractivity contribution in [2.75, 3.05) is 0 Å². The Hall–Kier alpha value is -1.34. The molecule has 0 rings (SSSR count). The van der Waals surface area contributed by atoms with Crippen molar-refractivity contribution in [3.05, 3.63) is 0 Å². The minimum atomic E-state index is -8.82. The van der Waals surface area contributed by atoms with Gasteiger partial charge in [-0.2, -0.15) is 79.0 Å². The predicted molar refractivity (Wildman–Crippen MR) is 49.0 cm³/mol. The van der Waals surface area contributed by atoms with Crippen molar-refractivity contribution < 1.29 is 89.2 Å². The van der Waals surface area contributed by atoms with Gasteiger partial charge in [0.1, 0.15) is 0 Å². The zero-order valence-electron chi connectivity index (χ0n) is 12.2. The molecule has 29 heavy (non-hydrogen) atoms. The Bertz CT molecular complexity index is 558. The average Bonchev–Trinajstić information content (AvgIpc) is 2.43. The van der Waals surface area contributed by atoms with Crippen molar-refractivity contribution in [2.45, 2.75) is 53.7 Å². The SMILES string of the molecule is OC(F)(C(F)(F)F)C(O)(F)C(F)(F)C(F)(F)C(F)(F)C(F)(F)C(F)(F)C(F)(F)F. The molecule has 0 heterocycles. The Balaban J connectivity index is 6.82. The van der Waals surface area contributed by atoms with E-state index in [-0.39, 0.29) is 0 Å². The van der Waals surface area contributed by atoms with Crippen LogP contribution in [0.3, 0.4) is 0 Å². The highest BCUT2D eigenvalue weighted by Gasteiger charge is 2.95. The van der Waals surface area contributed by atoms with Gasteiger partial charge in [-0.25, -0.2) is 0 Å². The second-order valence-corrected chi connectivity index (χ2v) is 5.11. The Kier molecular flexibility index (Phi) is 6.04. The van der Waals surface area contributed by atoms with Crippen molar-refractivity contribution >= 4 is 0 Å². The number of hydrogen-bond acceptors (Lipinski definition) is 2. The third kappa shape index (κ3) is 3.25. The first-order valence-electron chi connectivity index (χ1n) is 5.85. The predicted octanol–water partition coefficient (Wildman–Crippen LogP) is 4.60. The van der Waals surface area contributed by atoms with E-state index in [0.717, 1.165) is 0 Å². The summed E-state index contributed by atoms with van der Waals surface area (Å²) in [5.74, 6) is -58.8. The van der Waals surface area contributed by atoms with Crippen LogP contribution in [0.15, 0.2) is 0 Å². The fourth-order valence-corrected chi connectivity index (χ4v) is 1.37. The first-order chi connectivity index (χ1) is 12.0. The van der Waals surface area contributed by atoms with E-state index in [4.69, 9.17) is 10.2 Å². The molecule has 0 aromatic rings. The quantitative estimate of drug-likeness (QED) is 0.542. The molecule has 0 saturated heterocycles. The molecule has 0 radical (unpaired) electrons. The van der Waals surface area contributed by atoms with Gasteiger partial charge >= 0.3 is 53.7 Å². The largest absolute Gasteiger partial charge is 0.460 e. The van der Waals surface area contributed by atoms with Gasteiger partial charge in [0.05, 0.1) is 0 Å². The topological polar surface area (TPSA) is 40.5 Å². The highest BCUT2D eigenvalue weighted by atomic mass is 19.4. The van der Waals surface area contributed by atoms with Crippen molar-refractivity contribution in [2.24, 2.45) is 0 Å². The lowest BCUT2D eigenvalue weighted by Crippen LogP contribution is -2.77. The zero-order chi connectivity index (χ0) is 24.5. The summed E-state index contributed by atoms with van der Waals surface area (Å²) in [7, 11) is 0. The highest BCUT2D eigenvalue weighted by Crippen LogP contribution is 2.63. The van der Waals surface area contributed by atoms with E-state index in [1.165, 1.54) is 0 Å². The van der Waals surface area contributed by atoms with Gasteiger partial charge in [-0.3, -0.25) is 0 Å². The van der Waals surface area contributed by atoms with Crippen LogP contribution < -0.4 is 0 Å². The minimum absolute atomic E-state index is 7.58. The maximum Gasteiger partial charge on any atom is 0.460 e. The molecule has 2 unspecified atom stereocenters. The molecule has 0 aliphatic rings. The molecule has 0 aliphatic carbocycles. The number of hydrogen-bond donors (Lipinski definition) is 2. The van der Waals surface area contributed by atoms with E-state index < -0.39 is 53.7 Å². The van der Waals surface area contributed by atoms with Crippen molar-refractivity contribution in [1.82, 2.24) is 0 Å². The van der Waals surface area contributed by atoms with Crippen LogP contribution in [0.25, 0.3) is 0 Å². The smallest absolute Gasteiger partial charge is 0.352 e. The van der Waals surface area contributed by atoms with Crippen LogP contribution in [0.2, 0.25) is 0 Å². The molecule has 176 valence electrons. The van der Waals surface area contributed by atoms with Crippen LogP contribution in [0, 0.1) is 0 Å². The maximum absolute atomic E-state index is 13.1. The molecule has 0 spiro atoms. The Morgan fingerprint density at radius 3 is 0.759 bits per heavy atom. The second-order valence-electron chi connectivity index (χ2n) is 5.11. The van der Waals surface area contributed by atoms with E-state index in [1.54, 1.807) is 0 Å². The highest BCUT2D eigenvalue weighted by molar-refractivity contribution is 5.15. The van der Waals surface area contributed by atoms with Gasteiger partial charge < -0.3 is 10.2 Å². The summed E-state index contributed by atoms with van der Waals surface area (Å²) < 4.78 is 226. The second kappa shape index (κ2) is 6.33. The summed E-state index contributed by atoms with van der Waals surface area (Å²) in [4.78, 5) is 0. The lowest BCUT2D eigenvalue weighted by molar-refractivity contribution is -0.494. The van der Waals surface area contributed by atoms with E-state index in [1.807, 2.05) is 0 Å². The Morgan fingerprint density at radius 2 is 0.517 bits per heavy atom. The zero-order valence-corrected chi connectivity index (χ0v) is 12.2. The summed E-state index contributed by atoms with van der Waals surface area (Å²) in [5, 5.41) is 15.8. The van der Waals surface area contributed by atoms with Crippen LogP contribution in [0.5, 0.6) is 0 Å². The van der Waals surface area contributed by atoms with Crippen LogP contribution in [-0.4, -0.2) is 63.9 Å². The van der Waals surface area contributed by atoms with Crippen LogP contribution >= 0.6 is 0 Å². The number of halogens is 18. The average molecular weight is 484 g/mol. The maximum atomic E-state index is 13.1. The van der Waals surface area contributed by atoms with Crippen LogP contribution in [0.1, 0.15) is 0 Å². The molecule has 0 fully saturated rings. The summed E-state index contributed by atoms with van der Waals surface area (Å²) >= 11 is 0. The van der Waals surface area contributed by atoms with E-state index in [0.29, 0.717) is 0 Å². The summed E-state index contributed by atoms with van der Waals surface area (Å²) in [5.41, 5.74) is 0. The fraction of sp³-hybridized carbons (Fsp3) is 1.00. The molecule has 2 N–H and O–H groups in total. The van der Waals surface area contributed by atoms with E-state index in [2.05, 4.69) is 0 Å². The van der Waals surface area contributed by atoms with Crippen molar-refractivity contribution in [3.8, 4) is 0 Å².